The molecule has 0 radical (unpaired) electrons. The normalized spacial score (nSPS) is 12.6. The monoisotopic (exact) mass is 285 g/mol. The van der Waals surface area contributed by atoms with Crippen LogP contribution in [0.2, 0.25) is 5.02 Å². The zero-order valence-corrected chi connectivity index (χ0v) is 13.2. The Balaban J connectivity index is 3.21. The van der Waals surface area contributed by atoms with Crippen molar-refractivity contribution in [2.75, 3.05) is 21.3 Å². The largest absolute Gasteiger partial charge is 0.493 e. The Hall–Kier alpha value is -0.930. The van der Waals surface area contributed by atoms with Gasteiger partial charge in [-0.1, -0.05) is 38.3 Å². The number of nitrogens with one attached hydrogen (secondary N) is 1. The Bertz CT molecular complexity index is 405. The quantitative estimate of drug-likeness (QED) is 0.820. The second-order valence-electron chi connectivity index (χ2n) is 4.58. The molecule has 0 saturated carbocycles. The highest BCUT2D eigenvalue weighted by Gasteiger charge is 2.21. The van der Waals surface area contributed by atoms with E-state index in [1.165, 1.54) is 0 Å². The number of methoxy groups -OCH3 is 2. The van der Waals surface area contributed by atoms with Gasteiger partial charge in [0.15, 0.2) is 11.5 Å². The molecule has 0 spiro atoms. The van der Waals surface area contributed by atoms with E-state index in [0.29, 0.717) is 22.4 Å². The van der Waals surface area contributed by atoms with E-state index in [-0.39, 0.29) is 6.04 Å². The number of benzene rings is 1. The third-order valence-corrected chi connectivity index (χ3v) is 3.93. The Kier molecular flexibility index (Phi) is 6.46. The van der Waals surface area contributed by atoms with Crippen molar-refractivity contribution in [3.8, 4) is 11.5 Å². The van der Waals surface area contributed by atoms with Crippen LogP contribution in [-0.2, 0) is 0 Å². The molecule has 19 heavy (non-hydrogen) atoms. The molecule has 0 aliphatic rings. The maximum atomic E-state index is 6.27. The van der Waals surface area contributed by atoms with Crippen LogP contribution in [0, 0.1) is 5.92 Å². The molecule has 0 bridgehead atoms. The molecule has 0 aromatic heterocycles. The maximum Gasteiger partial charge on any atom is 0.179 e. The molecule has 0 aliphatic heterocycles. The van der Waals surface area contributed by atoms with Gasteiger partial charge in [0.25, 0.3) is 0 Å². The molecule has 0 amide bonds. The Morgan fingerprint density at radius 1 is 1.16 bits per heavy atom. The van der Waals surface area contributed by atoms with E-state index < -0.39 is 0 Å². The van der Waals surface area contributed by atoms with Crippen molar-refractivity contribution in [3.63, 3.8) is 0 Å². The van der Waals surface area contributed by atoms with Crippen LogP contribution in [-0.4, -0.2) is 21.3 Å². The molecule has 4 heteroatoms. The Morgan fingerprint density at radius 2 is 1.79 bits per heavy atom. The third-order valence-electron chi connectivity index (χ3n) is 3.65. The molecular weight excluding hydrogens is 262 g/mol. The molecule has 1 rings (SSSR count). The summed E-state index contributed by atoms with van der Waals surface area (Å²) in [5.41, 5.74) is 1.14. The number of ether oxygens (including phenoxy) is 2. The number of rotatable bonds is 7. The first kappa shape index (κ1) is 16.1. The molecule has 0 saturated heterocycles. The lowest BCUT2D eigenvalue weighted by atomic mass is 9.89. The number of halogens is 1. The minimum absolute atomic E-state index is 0.271. The minimum atomic E-state index is 0.271. The standard InChI is InChI=1S/C15H24ClNO2/c1-6-10(7-2)14(17-3)11-8-12(16)15(19-5)13(9-11)18-4/h8-10,14,17H,6-7H2,1-5H3. The fourth-order valence-electron chi connectivity index (χ4n) is 2.55. The van der Waals surface area contributed by atoms with Gasteiger partial charge in [-0.25, -0.2) is 0 Å². The van der Waals surface area contributed by atoms with Gasteiger partial charge in [-0.2, -0.15) is 0 Å². The van der Waals surface area contributed by atoms with Gasteiger partial charge in [0.05, 0.1) is 19.2 Å². The second-order valence-corrected chi connectivity index (χ2v) is 4.99. The molecule has 1 unspecified atom stereocenters. The van der Waals surface area contributed by atoms with E-state index in [1.807, 2.05) is 19.2 Å². The lowest BCUT2D eigenvalue weighted by molar-refractivity contribution is 0.344. The highest BCUT2D eigenvalue weighted by Crippen LogP contribution is 2.39. The smallest absolute Gasteiger partial charge is 0.179 e. The van der Waals surface area contributed by atoms with E-state index in [4.69, 9.17) is 21.1 Å². The summed E-state index contributed by atoms with van der Waals surface area (Å²) in [6, 6.07) is 4.24. The predicted molar refractivity (Wildman–Crippen MR) is 80.4 cm³/mol. The summed E-state index contributed by atoms with van der Waals surface area (Å²) in [6.07, 6.45) is 2.24. The summed E-state index contributed by atoms with van der Waals surface area (Å²) >= 11 is 6.27. The summed E-state index contributed by atoms with van der Waals surface area (Å²) in [6.45, 7) is 4.42. The summed E-state index contributed by atoms with van der Waals surface area (Å²) in [7, 11) is 5.21. The fourth-order valence-corrected chi connectivity index (χ4v) is 2.85. The molecule has 1 aromatic carbocycles. The lowest BCUT2D eigenvalue weighted by Gasteiger charge is -2.26. The molecule has 3 nitrogen and oxygen atoms in total. The molecular formula is C15H24ClNO2. The molecule has 1 aromatic rings. The SMILES string of the molecule is CCC(CC)C(NC)c1cc(Cl)c(OC)c(OC)c1. The highest BCUT2D eigenvalue weighted by atomic mass is 35.5. The summed E-state index contributed by atoms with van der Waals surface area (Å²) in [5.74, 6) is 1.84. The predicted octanol–water partition coefficient (Wildman–Crippen LogP) is 4.05. The van der Waals surface area contributed by atoms with Crippen LogP contribution in [0.25, 0.3) is 0 Å². The molecule has 1 N–H and O–H groups in total. The van der Waals surface area contributed by atoms with E-state index >= 15 is 0 Å². The molecule has 108 valence electrons. The van der Waals surface area contributed by atoms with Crippen LogP contribution in [0.3, 0.4) is 0 Å². The minimum Gasteiger partial charge on any atom is -0.493 e. The van der Waals surface area contributed by atoms with Crippen LogP contribution >= 0.6 is 11.6 Å². The highest BCUT2D eigenvalue weighted by molar-refractivity contribution is 6.32. The molecule has 1 atom stereocenters. The van der Waals surface area contributed by atoms with Gasteiger partial charge in [0, 0.05) is 6.04 Å². The van der Waals surface area contributed by atoms with Gasteiger partial charge in [-0.05, 0) is 30.7 Å². The third kappa shape index (κ3) is 3.54. The van der Waals surface area contributed by atoms with Crippen LogP contribution in [0.1, 0.15) is 38.3 Å². The first-order valence-corrected chi connectivity index (χ1v) is 7.09. The van der Waals surface area contributed by atoms with Gasteiger partial charge in [-0.15, -0.1) is 0 Å². The first-order valence-electron chi connectivity index (χ1n) is 6.71. The molecule has 0 heterocycles. The van der Waals surface area contributed by atoms with Crippen molar-refractivity contribution < 1.29 is 9.47 Å². The van der Waals surface area contributed by atoms with E-state index in [0.717, 1.165) is 18.4 Å². The maximum absolute atomic E-state index is 6.27. The van der Waals surface area contributed by atoms with Crippen molar-refractivity contribution in [1.29, 1.82) is 0 Å². The average molecular weight is 286 g/mol. The van der Waals surface area contributed by atoms with Crippen molar-refractivity contribution in [1.82, 2.24) is 5.32 Å². The Morgan fingerprint density at radius 3 is 2.21 bits per heavy atom. The molecule has 0 fully saturated rings. The van der Waals surface area contributed by atoms with Crippen LogP contribution in [0.5, 0.6) is 11.5 Å². The summed E-state index contributed by atoms with van der Waals surface area (Å²) in [5, 5.41) is 3.97. The van der Waals surface area contributed by atoms with E-state index in [1.54, 1.807) is 14.2 Å². The average Bonchev–Trinajstić information content (AvgIpc) is 2.43. The van der Waals surface area contributed by atoms with Crippen molar-refractivity contribution >= 4 is 11.6 Å². The van der Waals surface area contributed by atoms with Gasteiger partial charge in [-0.3, -0.25) is 0 Å². The van der Waals surface area contributed by atoms with Crippen LogP contribution in [0.15, 0.2) is 12.1 Å². The fraction of sp³-hybridized carbons (Fsp3) is 0.600. The van der Waals surface area contributed by atoms with Crippen molar-refractivity contribution in [2.24, 2.45) is 5.92 Å². The zero-order valence-electron chi connectivity index (χ0n) is 12.4. The van der Waals surface area contributed by atoms with Crippen molar-refractivity contribution in [2.45, 2.75) is 32.7 Å². The van der Waals surface area contributed by atoms with Gasteiger partial charge in [0.2, 0.25) is 0 Å². The lowest BCUT2D eigenvalue weighted by Crippen LogP contribution is -2.24. The van der Waals surface area contributed by atoms with Crippen LogP contribution < -0.4 is 14.8 Å². The summed E-state index contributed by atoms with van der Waals surface area (Å²) in [4.78, 5) is 0. The summed E-state index contributed by atoms with van der Waals surface area (Å²) < 4.78 is 10.6. The molecule has 0 aliphatic carbocycles. The number of hydrogen-bond acceptors (Lipinski definition) is 3. The van der Waals surface area contributed by atoms with Gasteiger partial charge < -0.3 is 14.8 Å². The van der Waals surface area contributed by atoms with Gasteiger partial charge in [0.1, 0.15) is 0 Å². The number of hydrogen-bond donors (Lipinski definition) is 1. The zero-order chi connectivity index (χ0) is 14.4. The second kappa shape index (κ2) is 7.61. The van der Waals surface area contributed by atoms with E-state index in [2.05, 4.69) is 19.2 Å². The Labute approximate surface area is 121 Å². The first-order chi connectivity index (χ1) is 9.12. The van der Waals surface area contributed by atoms with E-state index in [9.17, 15) is 0 Å². The van der Waals surface area contributed by atoms with Crippen LogP contribution in [0.4, 0.5) is 0 Å². The topological polar surface area (TPSA) is 30.5 Å². The van der Waals surface area contributed by atoms with Gasteiger partial charge >= 0.3 is 0 Å². The van der Waals surface area contributed by atoms with Crippen molar-refractivity contribution in [3.05, 3.63) is 22.7 Å².